The quantitative estimate of drug-likeness (QED) is 0.807. The van der Waals surface area contributed by atoms with Crippen molar-refractivity contribution in [1.82, 2.24) is 15.0 Å². The van der Waals surface area contributed by atoms with E-state index in [0.717, 1.165) is 13.0 Å². The Kier molecular flexibility index (Phi) is 4.50. The summed E-state index contributed by atoms with van der Waals surface area (Å²) >= 11 is 5.91. The highest BCUT2D eigenvalue weighted by Crippen LogP contribution is 2.41. The van der Waals surface area contributed by atoms with E-state index in [-0.39, 0.29) is 10.8 Å². The van der Waals surface area contributed by atoms with Gasteiger partial charge in [0.05, 0.1) is 18.6 Å². The fourth-order valence-electron chi connectivity index (χ4n) is 2.88. The summed E-state index contributed by atoms with van der Waals surface area (Å²) in [6.07, 6.45) is 2.46. The lowest BCUT2D eigenvalue weighted by atomic mass is 10.2. The molecule has 1 saturated heterocycles. The molecule has 1 N–H and O–H groups in total. The summed E-state index contributed by atoms with van der Waals surface area (Å²) in [5.41, 5.74) is -0.858. The summed E-state index contributed by atoms with van der Waals surface area (Å²) in [4.78, 5) is 23.9. The minimum atomic E-state index is -0.934. The van der Waals surface area contributed by atoms with Crippen molar-refractivity contribution in [2.75, 3.05) is 24.7 Å². The second-order valence-electron chi connectivity index (χ2n) is 5.34. The maximum Gasteiger partial charge on any atom is 0.286 e. The first-order chi connectivity index (χ1) is 11.1. The van der Waals surface area contributed by atoms with Crippen molar-refractivity contribution >= 4 is 28.3 Å². The molecule has 2 fully saturated rings. The second-order valence-corrected chi connectivity index (χ2v) is 5.68. The highest BCUT2D eigenvalue weighted by Gasteiger charge is 2.44. The molecule has 2 atom stereocenters. The molecule has 0 spiro atoms. The third kappa shape index (κ3) is 2.90. The van der Waals surface area contributed by atoms with Gasteiger partial charge in [0.2, 0.25) is 11.1 Å². The van der Waals surface area contributed by atoms with Crippen molar-refractivity contribution in [1.29, 1.82) is 0 Å². The number of ether oxygens (including phenoxy) is 1. The van der Waals surface area contributed by atoms with E-state index in [9.17, 15) is 9.18 Å². The van der Waals surface area contributed by atoms with Crippen LogP contribution < -0.4 is 10.5 Å². The van der Waals surface area contributed by atoms with Crippen LogP contribution in [-0.2, 0) is 4.74 Å². The molecule has 2 aliphatic rings. The standard InChI is InChI=1S/C13H12ClFN4O2.C2H6/c14-13-17-10-7(4-16-12(20)9(10)15)11(18-13)19-1-2-21-5-6-3-8(6)19;1-2/h4,6,8H,1-3,5H2,(H,16,20);1-2H3. The number of hydrogen-bond acceptors (Lipinski definition) is 5. The summed E-state index contributed by atoms with van der Waals surface area (Å²) in [5.74, 6) is 0.0958. The molecule has 0 bridgehead atoms. The van der Waals surface area contributed by atoms with Gasteiger partial charge < -0.3 is 14.6 Å². The molecule has 23 heavy (non-hydrogen) atoms. The van der Waals surface area contributed by atoms with Gasteiger partial charge in [-0.2, -0.15) is 9.37 Å². The van der Waals surface area contributed by atoms with Gasteiger partial charge in [-0.3, -0.25) is 4.79 Å². The molecule has 1 saturated carbocycles. The minimum Gasteiger partial charge on any atom is -0.379 e. The number of fused-ring (bicyclic) bond motifs is 2. The van der Waals surface area contributed by atoms with Crippen LogP contribution in [0.3, 0.4) is 0 Å². The van der Waals surface area contributed by atoms with Crippen molar-refractivity contribution in [2.24, 2.45) is 5.92 Å². The smallest absolute Gasteiger partial charge is 0.286 e. The average molecular weight is 341 g/mol. The van der Waals surface area contributed by atoms with Gasteiger partial charge in [-0.25, -0.2) is 4.98 Å². The molecule has 1 aliphatic heterocycles. The lowest BCUT2D eigenvalue weighted by Crippen LogP contribution is -2.30. The Hall–Kier alpha value is -1.73. The number of aromatic nitrogens is 3. The minimum absolute atomic E-state index is 0.0453. The Morgan fingerprint density at radius 1 is 1.43 bits per heavy atom. The first-order valence-corrected chi connectivity index (χ1v) is 8.12. The molecule has 2 aromatic heterocycles. The van der Waals surface area contributed by atoms with E-state index >= 15 is 0 Å². The monoisotopic (exact) mass is 340 g/mol. The normalized spacial score (nSPS) is 22.9. The topological polar surface area (TPSA) is 71.1 Å². The van der Waals surface area contributed by atoms with Crippen molar-refractivity contribution in [3.8, 4) is 0 Å². The molecule has 8 heteroatoms. The third-order valence-corrected chi connectivity index (χ3v) is 4.19. The van der Waals surface area contributed by atoms with E-state index in [4.69, 9.17) is 16.3 Å². The number of hydrogen-bond donors (Lipinski definition) is 1. The summed E-state index contributed by atoms with van der Waals surface area (Å²) in [7, 11) is 0. The van der Waals surface area contributed by atoms with Crippen molar-refractivity contribution in [3.05, 3.63) is 27.7 Å². The van der Waals surface area contributed by atoms with Crippen LogP contribution in [0.2, 0.25) is 5.28 Å². The lowest BCUT2D eigenvalue weighted by Gasteiger charge is -2.23. The maximum absolute atomic E-state index is 14.0. The Bertz CT molecular complexity index is 782. The van der Waals surface area contributed by atoms with Gasteiger partial charge in [-0.05, 0) is 18.0 Å². The Balaban J connectivity index is 0.000000753. The van der Waals surface area contributed by atoms with Crippen molar-refractivity contribution in [3.63, 3.8) is 0 Å². The van der Waals surface area contributed by atoms with E-state index in [2.05, 4.69) is 19.9 Å². The van der Waals surface area contributed by atoms with E-state index in [1.54, 1.807) is 0 Å². The Morgan fingerprint density at radius 3 is 3.00 bits per heavy atom. The number of aromatic amines is 1. The second kappa shape index (κ2) is 6.41. The Labute approximate surface area is 137 Å². The van der Waals surface area contributed by atoms with Gasteiger partial charge in [0.1, 0.15) is 11.3 Å². The first-order valence-electron chi connectivity index (χ1n) is 7.74. The Morgan fingerprint density at radius 2 is 2.22 bits per heavy atom. The maximum atomic E-state index is 14.0. The van der Waals surface area contributed by atoms with Crippen LogP contribution in [0.15, 0.2) is 11.0 Å². The third-order valence-electron chi connectivity index (χ3n) is 4.02. The molecule has 1 aliphatic carbocycles. The molecular weight excluding hydrogens is 323 g/mol. The van der Waals surface area contributed by atoms with Crippen molar-refractivity contribution < 1.29 is 9.13 Å². The van der Waals surface area contributed by atoms with E-state index in [1.807, 2.05) is 13.8 Å². The molecule has 3 heterocycles. The summed E-state index contributed by atoms with van der Waals surface area (Å²) in [6, 6.07) is 0.330. The zero-order valence-electron chi connectivity index (χ0n) is 13.0. The van der Waals surface area contributed by atoms with Crippen LogP contribution >= 0.6 is 11.6 Å². The van der Waals surface area contributed by atoms with Crippen LogP contribution in [-0.4, -0.2) is 40.8 Å². The summed E-state index contributed by atoms with van der Waals surface area (Å²) in [6.45, 7) is 5.98. The molecule has 4 rings (SSSR count). The predicted octanol–water partition coefficient (Wildman–Crippen LogP) is 2.36. The molecule has 2 aromatic rings. The molecule has 124 valence electrons. The van der Waals surface area contributed by atoms with Crippen LogP contribution in [0.4, 0.5) is 10.2 Å². The molecule has 2 unspecified atom stereocenters. The number of pyridine rings is 1. The van der Waals surface area contributed by atoms with Crippen molar-refractivity contribution in [2.45, 2.75) is 26.3 Å². The van der Waals surface area contributed by atoms with Gasteiger partial charge in [0, 0.05) is 24.7 Å². The number of halogens is 2. The van der Waals surface area contributed by atoms with E-state index in [1.165, 1.54) is 6.20 Å². The molecule has 6 nitrogen and oxygen atoms in total. The molecular formula is C15H18ClFN4O2. The van der Waals surface area contributed by atoms with Gasteiger partial charge >= 0.3 is 0 Å². The van der Waals surface area contributed by atoms with Gasteiger partial charge in [-0.1, -0.05) is 13.8 Å². The highest BCUT2D eigenvalue weighted by molar-refractivity contribution is 6.28. The fourth-order valence-corrected chi connectivity index (χ4v) is 3.04. The average Bonchev–Trinajstić information content (AvgIpc) is 3.32. The number of nitrogens with one attached hydrogen (secondary N) is 1. The molecule has 0 radical (unpaired) electrons. The number of rotatable bonds is 1. The zero-order chi connectivity index (χ0) is 16.6. The summed E-state index contributed by atoms with van der Waals surface area (Å²) in [5, 5.41) is 0.397. The molecule has 0 amide bonds. The van der Waals surface area contributed by atoms with E-state index in [0.29, 0.717) is 36.3 Å². The predicted molar refractivity (Wildman–Crippen MR) is 86.5 cm³/mol. The van der Waals surface area contributed by atoms with Crippen LogP contribution in [0.1, 0.15) is 20.3 Å². The van der Waals surface area contributed by atoms with Crippen LogP contribution in [0.25, 0.3) is 10.9 Å². The van der Waals surface area contributed by atoms with Gasteiger partial charge in [0.25, 0.3) is 5.56 Å². The number of anilines is 1. The van der Waals surface area contributed by atoms with Crippen LogP contribution in [0, 0.1) is 11.7 Å². The fraction of sp³-hybridized carbons (Fsp3) is 0.533. The van der Waals surface area contributed by atoms with Crippen LogP contribution in [0.5, 0.6) is 0 Å². The largest absolute Gasteiger partial charge is 0.379 e. The number of nitrogens with zero attached hydrogens (tertiary/aromatic N) is 3. The summed E-state index contributed by atoms with van der Waals surface area (Å²) < 4.78 is 19.5. The lowest BCUT2D eigenvalue weighted by molar-refractivity contribution is 0.139. The van der Waals surface area contributed by atoms with E-state index < -0.39 is 11.4 Å². The number of H-pyrrole nitrogens is 1. The first kappa shape index (κ1) is 16.1. The SMILES string of the molecule is CC.O=c1[nH]cc2c(N3CCOCC4CC43)nc(Cl)nc2c1F. The highest BCUT2D eigenvalue weighted by atomic mass is 35.5. The zero-order valence-corrected chi connectivity index (χ0v) is 13.7. The van der Waals surface area contributed by atoms with Gasteiger partial charge in [0.15, 0.2) is 0 Å². The molecule has 0 aromatic carbocycles. The van der Waals surface area contributed by atoms with Gasteiger partial charge in [-0.15, -0.1) is 0 Å².